The van der Waals surface area contributed by atoms with E-state index in [0.29, 0.717) is 19.4 Å². The quantitative estimate of drug-likeness (QED) is 0.768. The van der Waals surface area contributed by atoms with Gasteiger partial charge in [0.1, 0.15) is 0 Å². The Morgan fingerprint density at radius 3 is 2.64 bits per heavy atom. The van der Waals surface area contributed by atoms with Crippen LogP contribution in [0.4, 0.5) is 13.2 Å². The van der Waals surface area contributed by atoms with Crippen LogP contribution in [-0.4, -0.2) is 41.3 Å². The van der Waals surface area contributed by atoms with Crippen LogP contribution in [0.25, 0.3) is 0 Å². The first-order chi connectivity index (χ1) is 6.38. The molecule has 0 aromatic heterocycles. The molecule has 0 spiro atoms. The highest BCUT2D eigenvalue weighted by atomic mass is 19.4. The van der Waals surface area contributed by atoms with Gasteiger partial charge in [0.05, 0.1) is 13.0 Å². The molecule has 1 aliphatic rings. The monoisotopic (exact) mass is 211 g/mol. The Hall–Kier alpha value is -0.780. The van der Waals surface area contributed by atoms with Crippen LogP contribution >= 0.6 is 0 Å². The van der Waals surface area contributed by atoms with Gasteiger partial charge in [-0.1, -0.05) is 0 Å². The van der Waals surface area contributed by atoms with Crippen molar-refractivity contribution in [1.29, 1.82) is 0 Å². The molecule has 1 fully saturated rings. The zero-order valence-electron chi connectivity index (χ0n) is 7.55. The van der Waals surface area contributed by atoms with E-state index >= 15 is 0 Å². The molecule has 0 radical (unpaired) electrons. The summed E-state index contributed by atoms with van der Waals surface area (Å²) >= 11 is 0. The Bertz CT molecular complexity index is 217. The molecule has 0 bridgehead atoms. The van der Waals surface area contributed by atoms with Crippen molar-refractivity contribution in [2.75, 3.05) is 13.1 Å². The predicted octanol–water partition coefficient (Wildman–Crippen LogP) is 1.49. The third-order valence-corrected chi connectivity index (χ3v) is 2.29. The Morgan fingerprint density at radius 1 is 1.50 bits per heavy atom. The Balaban J connectivity index is 2.47. The largest absolute Gasteiger partial charge is 0.481 e. The van der Waals surface area contributed by atoms with Crippen LogP contribution in [-0.2, 0) is 4.79 Å². The molecule has 6 heteroatoms. The summed E-state index contributed by atoms with van der Waals surface area (Å²) in [4.78, 5) is 11.6. The van der Waals surface area contributed by atoms with Gasteiger partial charge in [0.2, 0.25) is 0 Å². The van der Waals surface area contributed by atoms with Gasteiger partial charge in [0.15, 0.2) is 0 Å². The number of halogens is 3. The fourth-order valence-electron chi connectivity index (χ4n) is 1.77. The second-order valence-electron chi connectivity index (χ2n) is 3.48. The minimum absolute atomic E-state index is 0.198. The van der Waals surface area contributed by atoms with Gasteiger partial charge in [-0.05, 0) is 19.4 Å². The minimum atomic E-state index is -4.24. The Labute approximate surface area is 79.5 Å². The molecule has 3 nitrogen and oxygen atoms in total. The average Bonchev–Trinajstić information content (AvgIpc) is 2.32. The molecule has 82 valence electrons. The minimum Gasteiger partial charge on any atom is -0.481 e. The molecule has 0 amide bonds. The standard InChI is InChI=1S/C8H12F3NO2/c9-8(10,11)5-12-3-1-2-6(12)4-7(13)14/h6H,1-5H2,(H,13,14). The normalized spacial score (nSPS) is 24.1. The maximum Gasteiger partial charge on any atom is 0.401 e. The van der Waals surface area contributed by atoms with E-state index < -0.39 is 24.7 Å². The molecule has 0 aromatic rings. The molecular formula is C8H12F3NO2. The van der Waals surface area contributed by atoms with Gasteiger partial charge in [-0.25, -0.2) is 0 Å². The van der Waals surface area contributed by atoms with Crippen molar-refractivity contribution in [3.8, 4) is 0 Å². The molecule has 1 atom stereocenters. The number of carboxylic acids is 1. The van der Waals surface area contributed by atoms with E-state index in [0.717, 1.165) is 0 Å². The van der Waals surface area contributed by atoms with Gasteiger partial charge in [-0.15, -0.1) is 0 Å². The number of alkyl halides is 3. The molecule has 1 rings (SSSR count). The lowest BCUT2D eigenvalue weighted by Gasteiger charge is -2.23. The van der Waals surface area contributed by atoms with E-state index in [-0.39, 0.29) is 6.42 Å². The highest BCUT2D eigenvalue weighted by Crippen LogP contribution is 2.25. The van der Waals surface area contributed by atoms with Gasteiger partial charge in [0, 0.05) is 6.04 Å². The lowest BCUT2D eigenvalue weighted by molar-refractivity contribution is -0.152. The summed E-state index contributed by atoms with van der Waals surface area (Å²) in [5.74, 6) is -1.04. The predicted molar refractivity (Wildman–Crippen MR) is 42.9 cm³/mol. The summed E-state index contributed by atoms with van der Waals surface area (Å²) in [6.45, 7) is -0.650. The molecular weight excluding hydrogens is 199 g/mol. The number of nitrogens with zero attached hydrogens (tertiary/aromatic N) is 1. The molecule has 0 aliphatic carbocycles. The van der Waals surface area contributed by atoms with Crippen LogP contribution in [0.15, 0.2) is 0 Å². The number of likely N-dealkylation sites (tertiary alicyclic amines) is 1. The van der Waals surface area contributed by atoms with Crippen LogP contribution in [0, 0.1) is 0 Å². The van der Waals surface area contributed by atoms with E-state index in [2.05, 4.69) is 0 Å². The average molecular weight is 211 g/mol. The van der Waals surface area contributed by atoms with Crippen LogP contribution in [0.3, 0.4) is 0 Å². The summed E-state index contributed by atoms with van der Waals surface area (Å²) in [7, 11) is 0. The van der Waals surface area contributed by atoms with Gasteiger partial charge >= 0.3 is 12.1 Å². The van der Waals surface area contributed by atoms with Gasteiger partial charge < -0.3 is 5.11 Å². The van der Waals surface area contributed by atoms with Crippen molar-refractivity contribution < 1.29 is 23.1 Å². The van der Waals surface area contributed by atoms with Gasteiger partial charge in [-0.3, -0.25) is 9.69 Å². The number of carbonyl (C=O) groups is 1. The Morgan fingerprint density at radius 2 is 2.14 bits per heavy atom. The first-order valence-corrected chi connectivity index (χ1v) is 4.41. The molecule has 1 aliphatic heterocycles. The van der Waals surface area contributed by atoms with Crippen LogP contribution in [0.5, 0.6) is 0 Å². The van der Waals surface area contributed by atoms with Crippen LogP contribution < -0.4 is 0 Å². The van der Waals surface area contributed by atoms with Crippen molar-refractivity contribution in [3.05, 3.63) is 0 Å². The summed E-state index contributed by atoms with van der Waals surface area (Å²) in [6, 6.07) is -0.450. The zero-order valence-corrected chi connectivity index (χ0v) is 7.55. The zero-order chi connectivity index (χ0) is 10.8. The van der Waals surface area contributed by atoms with E-state index in [1.165, 1.54) is 4.90 Å². The van der Waals surface area contributed by atoms with E-state index in [1.54, 1.807) is 0 Å². The molecule has 1 unspecified atom stereocenters. The van der Waals surface area contributed by atoms with Crippen LogP contribution in [0.2, 0.25) is 0 Å². The lowest BCUT2D eigenvalue weighted by atomic mass is 10.1. The number of aliphatic carboxylic acids is 1. The molecule has 1 N–H and O–H groups in total. The highest BCUT2D eigenvalue weighted by Gasteiger charge is 2.36. The van der Waals surface area contributed by atoms with E-state index in [4.69, 9.17) is 5.11 Å². The van der Waals surface area contributed by atoms with Crippen molar-refractivity contribution in [2.45, 2.75) is 31.5 Å². The second kappa shape index (κ2) is 4.16. The van der Waals surface area contributed by atoms with Crippen molar-refractivity contribution in [2.24, 2.45) is 0 Å². The fraction of sp³-hybridized carbons (Fsp3) is 0.875. The summed E-state index contributed by atoms with van der Waals surface area (Å²) in [5.41, 5.74) is 0. The van der Waals surface area contributed by atoms with Crippen molar-refractivity contribution >= 4 is 5.97 Å². The third kappa shape index (κ3) is 3.53. The fourth-order valence-corrected chi connectivity index (χ4v) is 1.77. The van der Waals surface area contributed by atoms with Crippen molar-refractivity contribution in [3.63, 3.8) is 0 Å². The smallest absolute Gasteiger partial charge is 0.401 e. The molecule has 1 saturated heterocycles. The molecule has 0 saturated carbocycles. The maximum atomic E-state index is 12.0. The van der Waals surface area contributed by atoms with Crippen molar-refractivity contribution in [1.82, 2.24) is 4.90 Å². The van der Waals surface area contributed by atoms with Gasteiger partial charge in [-0.2, -0.15) is 13.2 Å². The molecule has 1 heterocycles. The number of hydrogen-bond acceptors (Lipinski definition) is 2. The molecule has 14 heavy (non-hydrogen) atoms. The topological polar surface area (TPSA) is 40.5 Å². The number of hydrogen-bond donors (Lipinski definition) is 1. The summed E-state index contributed by atoms with van der Waals surface area (Å²) < 4.78 is 36.1. The number of rotatable bonds is 3. The third-order valence-electron chi connectivity index (χ3n) is 2.29. The number of carboxylic acid groups (broad SMARTS) is 1. The maximum absolute atomic E-state index is 12.0. The first kappa shape index (κ1) is 11.3. The summed E-state index contributed by atoms with van der Waals surface area (Å²) in [5, 5.41) is 8.48. The van der Waals surface area contributed by atoms with E-state index in [9.17, 15) is 18.0 Å². The Kier molecular flexibility index (Phi) is 3.36. The first-order valence-electron chi connectivity index (χ1n) is 4.41. The second-order valence-corrected chi connectivity index (χ2v) is 3.48. The lowest BCUT2D eigenvalue weighted by Crippen LogP contribution is -2.38. The van der Waals surface area contributed by atoms with Crippen LogP contribution in [0.1, 0.15) is 19.3 Å². The molecule has 0 aromatic carbocycles. The summed E-state index contributed by atoms with van der Waals surface area (Å²) in [6.07, 6.45) is -3.24. The SMILES string of the molecule is O=C(O)CC1CCCN1CC(F)(F)F. The van der Waals surface area contributed by atoms with E-state index in [1.807, 2.05) is 0 Å². The van der Waals surface area contributed by atoms with Gasteiger partial charge in [0.25, 0.3) is 0 Å². The highest BCUT2D eigenvalue weighted by molar-refractivity contribution is 5.67.